The highest BCUT2D eigenvalue weighted by molar-refractivity contribution is 5.40. The molecule has 0 bridgehead atoms. The van der Waals surface area contributed by atoms with Crippen LogP contribution in [0.2, 0.25) is 0 Å². The van der Waals surface area contributed by atoms with Gasteiger partial charge >= 0.3 is 0 Å². The van der Waals surface area contributed by atoms with E-state index < -0.39 is 0 Å². The number of aryl methyl sites for hydroxylation is 2. The van der Waals surface area contributed by atoms with Crippen LogP contribution in [0.1, 0.15) is 11.4 Å². The summed E-state index contributed by atoms with van der Waals surface area (Å²) < 4.78 is 3.64. The van der Waals surface area contributed by atoms with E-state index in [-0.39, 0.29) is 0 Å². The van der Waals surface area contributed by atoms with Crippen LogP contribution in [0.3, 0.4) is 0 Å². The third kappa shape index (κ3) is 3.39. The molecule has 0 saturated carbocycles. The molecule has 1 aliphatic heterocycles. The molecular formula is C17H22N8. The zero-order valence-electron chi connectivity index (χ0n) is 14.6. The van der Waals surface area contributed by atoms with Crippen LogP contribution in [0.4, 0.5) is 5.82 Å². The van der Waals surface area contributed by atoms with Crippen LogP contribution in [0, 0.1) is 6.92 Å². The molecule has 1 aliphatic rings. The number of aromatic nitrogens is 6. The first-order chi connectivity index (χ1) is 12.2. The number of piperazine rings is 1. The molecule has 0 amide bonds. The average molecular weight is 338 g/mol. The van der Waals surface area contributed by atoms with Crippen LogP contribution in [-0.2, 0) is 13.6 Å². The minimum Gasteiger partial charge on any atom is -0.353 e. The van der Waals surface area contributed by atoms with Gasteiger partial charge in [0.1, 0.15) is 0 Å². The predicted molar refractivity (Wildman–Crippen MR) is 94.6 cm³/mol. The highest BCUT2D eigenvalue weighted by atomic mass is 15.4. The van der Waals surface area contributed by atoms with E-state index in [1.165, 1.54) is 5.69 Å². The number of rotatable bonds is 4. The zero-order chi connectivity index (χ0) is 17.2. The summed E-state index contributed by atoms with van der Waals surface area (Å²) in [5.74, 6) is 1.65. The standard InChI is InChI=1S/C17H22N8/c1-14-12-15(21-22(14)2)13-23-8-10-24(11-9-23)16-4-5-17(20-19-16)25-7-3-6-18-25/h3-7,12H,8-11,13H2,1-2H3. The van der Waals surface area contributed by atoms with Gasteiger partial charge in [-0.3, -0.25) is 9.58 Å². The third-order valence-electron chi connectivity index (χ3n) is 4.62. The van der Waals surface area contributed by atoms with Crippen molar-refractivity contribution in [2.24, 2.45) is 7.05 Å². The van der Waals surface area contributed by atoms with Crippen LogP contribution < -0.4 is 4.90 Å². The van der Waals surface area contributed by atoms with Crippen molar-refractivity contribution in [3.8, 4) is 5.82 Å². The predicted octanol–water partition coefficient (Wildman–Crippen LogP) is 1.03. The molecule has 0 radical (unpaired) electrons. The molecule has 8 heteroatoms. The molecule has 0 unspecified atom stereocenters. The van der Waals surface area contributed by atoms with Gasteiger partial charge in [-0.2, -0.15) is 10.2 Å². The molecule has 4 rings (SSSR count). The lowest BCUT2D eigenvalue weighted by Gasteiger charge is -2.34. The summed E-state index contributed by atoms with van der Waals surface area (Å²) in [6.45, 7) is 6.87. The molecule has 3 aromatic heterocycles. The van der Waals surface area contributed by atoms with Crippen molar-refractivity contribution >= 4 is 5.82 Å². The van der Waals surface area contributed by atoms with Gasteiger partial charge in [0.15, 0.2) is 11.6 Å². The van der Waals surface area contributed by atoms with E-state index in [1.54, 1.807) is 10.9 Å². The topological polar surface area (TPSA) is 67.9 Å². The third-order valence-corrected chi connectivity index (χ3v) is 4.62. The van der Waals surface area contributed by atoms with E-state index >= 15 is 0 Å². The Morgan fingerprint density at radius 3 is 2.40 bits per heavy atom. The maximum atomic E-state index is 4.55. The number of hydrogen-bond acceptors (Lipinski definition) is 6. The fraction of sp³-hybridized carbons (Fsp3) is 0.412. The molecule has 1 saturated heterocycles. The number of hydrogen-bond donors (Lipinski definition) is 0. The fourth-order valence-corrected chi connectivity index (χ4v) is 3.09. The molecular weight excluding hydrogens is 316 g/mol. The van der Waals surface area contributed by atoms with Crippen molar-refractivity contribution in [1.29, 1.82) is 0 Å². The Balaban J connectivity index is 1.35. The van der Waals surface area contributed by atoms with Crippen LogP contribution in [-0.4, -0.2) is 60.8 Å². The average Bonchev–Trinajstić information content (AvgIpc) is 3.26. The van der Waals surface area contributed by atoms with Crippen molar-refractivity contribution in [2.45, 2.75) is 13.5 Å². The Morgan fingerprint density at radius 1 is 1.04 bits per heavy atom. The minimum absolute atomic E-state index is 0.734. The number of anilines is 1. The Labute approximate surface area is 146 Å². The maximum Gasteiger partial charge on any atom is 0.175 e. The summed E-state index contributed by atoms with van der Waals surface area (Å²) in [4.78, 5) is 4.71. The highest BCUT2D eigenvalue weighted by Crippen LogP contribution is 2.15. The minimum atomic E-state index is 0.734. The van der Waals surface area contributed by atoms with Crippen LogP contribution in [0.5, 0.6) is 0 Å². The summed E-state index contributed by atoms with van der Waals surface area (Å²) in [5.41, 5.74) is 2.33. The molecule has 4 heterocycles. The zero-order valence-corrected chi connectivity index (χ0v) is 14.6. The lowest BCUT2D eigenvalue weighted by atomic mass is 10.2. The van der Waals surface area contributed by atoms with Gasteiger partial charge in [-0.1, -0.05) is 0 Å². The molecule has 0 atom stereocenters. The van der Waals surface area contributed by atoms with E-state index in [0.29, 0.717) is 0 Å². The highest BCUT2D eigenvalue weighted by Gasteiger charge is 2.19. The lowest BCUT2D eigenvalue weighted by molar-refractivity contribution is 0.246. The summed E-state index contributed by atoms with van der Waals surface area (Å²) in [6.07, 6.45) is 3.60. The molecule has 25 heavy (non-hydrogen) atoms. The first-order valence-corrected chi connectivity index (χ1v) is 8.49. The van der Waals surface area contributed by atoms with Gasteiger partial charge in [-0.15, -0.1) is 10.2 Å². The monoisotopic (exact) mass is 338 g/mol. The second-order valence-electron chi connectivity index (χ2n) is 6.36. The first-order valence-electron chi connectivity index (χ1n) is 8.49. The van der Waals surface area contributed by atoms with Gasteiger partial charge in [0.2, 0.25) is 0 Å². The van der Waals surface area contributed by atoms with Gasteiger partial charge < -0.3 is 4.90 Å². The van der Waals surface area contributed by atoms with Crippen molar-refractivity contribution in [2.75, 3.05) is 31.1 Å². The summed E-state index contributed by atoms with van der Waals surface area (Å²) >= 11 is 0. The molecule has 3 aromatic rings. The summed E-state index contributed by atoms with van der Waals surface area (Å²) in [7, 11) is 1.99. The van der Waals surface area contributed by atoms with E-state index in [1.807, 2.05) is 36.1 Å². The van der Waals surface area contributed by atoms with E-state index in [4.69, 9.17) is 0 Å². The Morgan fingerprint density at radius 2 is 1.80 bits per heavy atom. The second-order valence-corrected chi connectivity index (χ2v) is 6.36. The van der Waals surface area contributed by atoms with Gasteiger partial charge in [0, 0.05) is 57.9 Å². The molecule has 0 spiro atoms. The molecule has 0 aromatic carbocycles. The molecule has 8 nitrogen and oxygen atoms in total. The summed E-state index contributed by atoms with van der Waals surface area (Å²) in [5, 5.41) is 17.4. The fourth-order valence-electron chi connectivity index (χ4n) is 3.09. The normalized spacial score (nSPS) is 15.7. The van der Waals surface area contributed by atoms with E-state index in [0.717, 1.165) is 50.1 Å². The smallest absolute Gasteiger partial charge is 0.175 e. The van der Waals surface area contributed by atoms with Gasteiger partial charge in [0.25, 0.3) is 0 Å². The second kappa shape index (κ2) is 6.64. The van der Waals surface area contributed by atoms with Crippen molar-refractivity contribution < 1.29 is 0 Å². The largest absolute Gasteiger partial charge is 0.353 e. The number of nitrogens with zero attached hydrogens (tertiary/aromatic N) is 8. The van der Waals surface area contributed by atoms with Gasteiger partial charge in [0.05, 0.1) is 5.69 Å². The van der Waals surface area contributed by atoms with Crippen molar-refractivity contribution in [3.05, 3.63) is 48.0 Å². The van der Waals surface area contributed by atoms with Crippen molar-refractivity contribution in [1.82, 2.24) is 34.7 Å². The summed E-state index contributed by atoms with van der Waals surface area (Å²) in [6, 6.07) is 8.00. The Kier molecular flexibility index (Phi) is 4.19. The lowest BCUT2D eigenvalue weighted by Crippen LogP contribution is -2.46. The molecule has 0 aliphatic carbocycles. The van der Waals surface area contributed by atoms with E-state index in [9.17, 15) is 0 Å². The van der Waals surface area contributed by atoms with Gasteiger partial charge in [-0.05, 0) is 31.2 Å². The van der Waals surface area contributed by atoms with Crippen LogP contribution in [0.15, 0.2) is 36.7 Å². The Hall–Kier alpha value is -2.74. The van der Waals surface area contributed by atoms with Crippen LogP contribution in [0.25, 0.3) is 5.82 Å². The van der Waals surface area contributed by atoms with Gasteiger partial charge in [-0.25, -0.2) is 4.68 Å². The Bertz CT molecular complexity index is 793. The van der Waals surface area contributed by atoms with Crippen LogP contribution >= 0.6 is 0 Å². The maximum absolute atomic E-state index is 4.55. The SMILES string of the molecule is Cc1cc(CN2CCN(c3ccc(-n4cccn4)nn3)CC2)nn1C. The van der Waals surface area contributed by atoms with Crippen molar-refractivity contribution in [3.63, 3.8) is 0 Å². The molecule has 1 fully saturated rings. The van der Waals surface area contributed by atoms with E-state index in [2.05, 4.69) is 43.2 Å². The first kappa shape index (κ1) is 15.8. The molecule has 0 N–H and O–H groups in total. The quantitative estimate of drug-likeness (QED) is 0.708. The molecule has 130 valence electrons.